The molecule has 0 aromatic carbocycles. The lowest BCUT2D eigenvalue weighted by Crippen LogP contribution is -2.58. The van der Waals surface area contributed by atoms with Crippen LogP contribution in [0.4, 0.5) is 0 Å². The molecule has 0 aliphatic heterocycles. The molecule has 1 aliphatic rings. The number of aliphatic carboxylic acids is 1. The second-order valence-corrected chi connectivity index (χ2v) is 5.08. The standard InChI is InChI=1S/C11H21NO2/c1-7(2)9-5-4-8(3)6-11(9,12)10(13)14/h7-9H,4-6,12H2,1-3H3,(H,13,14). The van der Waals surface area contributed by atoms with Crippen LogP contribution in [0.25, 0.3) is 0 Å². The van der Waals surface area contributed by atoms with Crippen molar-refractivity contribution < 1.29 is 9.90 Å². The van der Waals surface area contributed by atoms with Crippen LogP contribution in [0.1, 0.15) is 40.0 Å². The van der Waals surface area contributed by atoms with Gasteiger partial charge in [-0.3, -0.25) is 4.79 Å². The highest BCUT2D eigenvalue weighted by atomic mass is 16.4. The molecule has 3 nitrogen and oxygen atoms in total. The summed E-state index contributed by atoms with van der Waals surface area (Å²) in [6.07, 6.45) is 2.67. The van der Waals surface area contributed by atoms with E-state index in [1.807, 2.05) is 0 Å². The minimum Gasteiger partial charge on any atom is -0.480 e. The summed E-state index contributed by atoms with van der Waals surface area (Å²) in [5.41, 5.74) is 5.04. The van der Waals surface area contributed by atoms with Crippen LogP contribution in [0, 0.1) is 17.8 Å². The SMILES string of the molecule is CC1CCC(C(C)C)C(N)(C(=O)O)C1. The summed E-state index contributed by atoms with van der Waals surface area (Å²) in [5, 5.41) is 9.21. The maximum atomic E-state index is 11.2. The lowest BCUT2D eigenvalue weighted by Gasteiger charge is -2.42. The van der Waals surface area contributed by atoms with Crippen LogP contribution in [-0.2, 0) is 4.79 Å². The average molecular weight is 199 g/mol. The molecule has 0 spiro atoms. The first kappa shape index (κ1) is 11.5. The quantitative estimate of drug-likeness (QED) is 0.713. The lowest BCUT2D eigenvalue weighted by atomic mass is 9.65. The van der Waals surface area contributed by atoms with Gasteiger partial charge in [0.15, 0.2) is 0 Å². The maximum Gasteiger partial charge on any atom is 0.323 e. The third-order valence-electron chi connectivity index (χ3n) is 3.52. The van der Waals surface area contributed by atoms with Crippen molar-refractivity contribution >= 4 is 5.97 Å². The Hall–Kier alpha value is -0.570. The summed E-state index contributed by atoms with van der Waals surface area (Å²) >= 11 is 0. The van der Waals surface area contributed by atoms with E-state index in [9.17, 15) is 9.90 Å². The van der Waals surface area contributed by atoms with E-state index < -0.39 is 11.5 Å². The minimum absolute atomic E-state index is 0.121. The van der Waals surface area contributed by atoms with Crippen molar-refractivity contribution in [2.45, 2.75) is 45.6 Å². The number of hydrogen-bond donors (Lipinski definition) is 2. The fraction of sp³-hybridized carbons (Fsp3) is 0.909. The fourth-order valence-corrected chi connectivity index (χ4v) is 2.73. The van der Waals surface area contributed by atoms with E-state index in [2.05, 4.69) is 20.8 Å². The third kappa shape index (κ3) is 1.92. The van der Waals surface area contributed by atoms with E-state index >= 15 is 0 Å². The van der Waals surface area contributed by atoms with Crippen LogP contribution in [0.5, 0.6) is 0 Å². The molecule has 0 aromatic rings. The molecule has 3 atom stereocenters. The zero-order valence-electron chi connectivity index (χ0n) is 9.29. The minimum atomic E-state index is -0.994. The van der Waals surface area contributed by atoms with E-state index in [1.54, 1.807) is 0 Å². The molecule has 0 bridgehead atoms. The highest BCUT2D eigenvalue weighted by Crippen LogP contribution is 2.39. The number of carbonyl (C=O) groups is 1. The van der Waals surface area contributed by atoms with Gasteiger partial charge in [-0.1, -0.05) is 27.2 Å². The van der Waals surface area contributed by atoms with Gasteiger partial charge < -0.3 is 10.8 Å². The average Bonchev–Trinajstić information content (AvgIpc) is 2.02. The van der Waals surface area contributed by atoms with E-state index in [1.165, 1.54) is 0 Å². The van der Waals surface area contributed by atoms with Crippen molar-refractivity contribution in [3.8, 4) is 0 Å². The zero-order valence-corrected chi connectivity index (χ0v) is 9.29. The fourth-order valence-electron chi connectivity index (χ4n) is 2.73. The van der Waals surface area contributed by atoms with E-state index in [0.717, 1.165) is 12.8 Å². The first-order chi connectivity index (χ1) is 6.38. The number of carboxylic acids is 1. The van der Waals surface area contributed by atoms with Crippen molar-refractivity contribution in [1.82, 2.24) is 0 Å². The van der Waals surface area contributed by atoms with Crippen molar-refractivity contribution in [3.63, 3.8) is 0 Å². The molecule has 3 heteroatoms. The van der Waals surface area contributed by atoms with E-state index in [0.29, 0.717) is 18.3 Å². The Bertz CT molecular complexity index is 227. The zero-order chi connectivity index (χ0) is 10.9. The summed E-state index contributed by atoms with van der Waals surface area (Å²) in [5.74, 6) is 0.0775. The van der Waals surface area contributed by atoms with Gasteiger partial charge in [0, 0.05) is 0 Å². The number of hydrogen-bond acceptors (Lipinski definition) is 2. The highest BCUT2D eigenvalue weighted by molar-refractivity contribution is 5.79. The first-order valence-electron chi connectivity index (χ1n) is 5.40. The van der Waals surface area contributed by atoms with Crippen LogP contribution in [0.3, 0.4) is 0 Å². The van der Waals surface area contributed by atoms with Gasteiger partial charge in [-0.2, -0.15) is 0 Å². The second kappa shape index (κ2) is 3.89. The van der Waals surface area contributed by atoms with Crippen molar-refractivity contribution in [3.05, 3.63) is 0 Å². The van der Waals surface area contributed by atoms with Gasteiger partial charge in [0.2, 0.25) is 0 Å². The second-order valence-electron chi connectivity index (χ2n) is 5.08. The summed E-state index contributed by atoms with van der Waals surface area (Å²) in [6.45, 7) is 6.21. The predicted octanol–water partition coefficient (Wildman–Crippen LogP) is 1.86. The molecule has 1 saturated carbocycles. The molecule has 0 aromatic heterocycles. The maximum absolute atomic E-state index is 11.2. The van der Waals surface area contributed by atoms with Crippen LogP contribution in [0.15, 0.2) is 0 Å². The number of nitrogens with two attached hydrogens (primary N) is 1. The largest absolute Gasteiger partial charge is 0.480 e. The van der Waals surface area contributed by atoms with Gasteiger partial charge in [0.1, 0.15) is 5.54 Å². The molecule has 1 rings (SSSR count). The molecule has 0 amide bonds. The molecular weight excluding hydrogens is 178 g/mol. The van der Waals surface area contributed by atoms with Gasteiger partial charge in [0.25, 0.3) is 0 Å². The lowest BCUT2D eigenvalue weighted by molar-refractivity contribution is -0.149. The Balaban J connectivity index is 2.88. The first-order valence-corrected chi connectivity index (χ1v) is 5.40. The summed E-state index contributed by atoms with van der Waals surface area (Å²) in [6, 6.07) is 0. The van der Waals surface area contributed by atoms with Crippen molar-refractivity contribution in [2.24, 2.45) is 23.5 Å². The molecule has 3 unspecified atom stereocenters. The Kier molecular flexibility index (Phi) is 3.20. The van der Waals surface area contributed by atoms with Crippen LogP contribution in [0.2, 0.25) is 0 Å². The summed E-state index contributed by atoms with van der Waals surface area (Å²) in [4.78, 5) is 11.2. The van der Waals surface area contributed by atoms with Crippen molar-refractivity contribution in [1.29, 1.82) is 0 Å². The van der Waals surface area contributed by atoms with Gasteiger partial charge in [-0.05, 0) is 30.6 Å². The van der Waals surface area contributed by atoms with Crippen molar-refractivity contribution in [2.75, 3.05) is 0 Å². The topological polar surface area (TPSA) is 63.3 Å². The Morgan fingerprint density at radius 2 is 2.07 bits per heavy atom. The molecule has 14 heavy (non-hydrogen) atoms. The van der Waals surface area contributed by atoms with Crippen LogP contribution < -0.4 is 5.73 Å². The van der Waals surface area contributed by atoms with Gasteiger partial charge >= 0.3 is 5.97 Å². The summed E-state index contributed by atoms with van der Waals surface area (Å²) < 4.78 is 0. The normalized spacial score (nSPS) is 38.6. The molecule has 1 fully saturated rings. The number of carboxylic acid groups (broad SMARTS) is 1. The Morgan fingerprint density at radius 1 is 1.50 bits per heavy atom. The molecule has 1 aliphatic carbocycles. The predicted molar refractivity (Wildman–Crippen MR) is 55.9 cm³/mol. The third-order valence-corrected chi connectivity index (χ3v) is 3.52. The summed E-state index contributed by atoms with van der Waals surface area (Å²) in [7, 11) is 0. The molecule has 0 radical (unpaired) electrons. The number of rotatable bonds is 2. The molecule has 0 heterocycles. The highest BCUT2D eigenvalue weighted by Gasteiger charge is 2.46. The van der Waals surface area contributed by atoms with Crippen LogP contribution in [-0.4, -0.2) is 16.6 Å². The molecule has 82 valence electrons. The van der Waals surface area contributed by atoms with Crippen LogP contribution >= 0.6 is 0 Å². The Labute approximate surface area is 85.7 Å². The molecule has 3 N–H and O–H groups in total. The van der Waals surface area contributed by atoms with E-state index in [4.69, 9.17) is 5.73 Å². The smallest absolute Gasteiger partial charge is 0.323 e. The van der Waals surface area contributed by atoms with Gasteiger partial charge in [0.05, 0.1) is 0 Å². The Morgan fingerprint density at radius 3 is 2.50 bits per heavy atom. The van der Waals surface area contributed by atoms with Gasteiger partial charge in [-0.15, -0.1) is 0 Å². The monoisotopic (exact) mass is 199 g/mol. The van der Waals surface area contributed by atoms with E-state index in [-0.39, 0.29) is 5.92 Å². The molecule has 0 saturated heterocycles. The van der Waals surface area contributed by atoms with Gasteiger partial charge in [-0.25, -0.2) is 0 Å². The molecular formula is C11H21NO2.